The quantitative estimate of drug-likeness (QED) is 0.0672. The summed E-state index contributed by atoms with van der Waals surface area (Å²) >= 11 is 4.21. The summed E-state index contributed by atoms with van der Waals surface area (Å²) in [6, 6.07) is 7.38. The Labute approximate surface area is 258 Å². The largest absolute Gasteiger partial charge is 0.490 e. The van der Waals surface area contributed by atoms with Crippen molar-refractivity contribution in [1.29, 1.82) is 0 Å². The Morgan fingerprint density at radius 1 is 1.20 bits per heavy atom. The summed E-state index contributed by atoms with van der Waals surface area (Å²) in [5.74, 6) is 0.0196. The summed E-state index contributed by atoms with van der Waals surface area (Å²) in [6.07, 6.45) is 0.248. The second kappa shape index (κ2) is 14.5. The van der Waals surface area contributed by atoms with Crippen LogP contribution in [-0.4, -0.2) is 55.8 Å². The number of urea groups is 1. The molecule has 2 aromatic carbocycles. The minimum atomic E-state index is -1.19. The maximum atomic E-state index is 12.4. The Kier molecular flexibility index (Phi) is 11.4. The Balaban J connectivity index is 1.73. The third-order valence-electron chi connectivity index (χ3n) is 5.38. The molecule has 1 heterocycles. The van der Waals surface area contributed by atoms with Gasteiger partial charge in [0.15, 0.2) is 23.5 Å². The molecule has 2 atom stereocenters. The van der Waals surface area contributed by atoms with Crippen molar-refractivity contribution in [3.05, 3.63) is 59.9 Å². The SMILES string of the molecule is CCOc1cc([C@H]2NC(=O)NC(C)=C2C(=O)OC)ccc1OC[C@H](O)N/N=C/c1cc(I)cc(I)c1OC(C)=O. The topological polar surface area (TPSA) is 157 Å². The summed E-state index contributed by atoms with van der Waals surface area (Å²) in [5.41, 5.74) is 4.35. The zero-order valence-corrected chi connectivity index (χ0v) is 26.4. The minimum absolute atomic E-state index is 0.187. The molecule has 4 N–H and O–H groups in total. The van der Waals surface area contributed by atoms with Crippen molar-refractivity contribution in [2.24, 2.45) is 5.10 Å². The van der Waals surface area contributed by atoms with E-state index in [0.717, 1.165) is 7.14 Å². The van der Waals surface area contributed by atoms with Crippen molar-refractivity contribution in [3.8, 4) is 17.2 Å². The second-order valence-corrected chi connectivity index (χ2v) is 10.7. The van der Waals surface area contributed by atoms with Gasteiger partial charge in [-0.2, -0.15) is 5.10 Å². The number of carbonyl (C=O) groups excluding carboxylic acids is 3. The van der Waals surface area contributed by atoms with Gasteiger partial charge in [-0.3, -0.25) is 10.2 Å². The maximum absolute atomic E-state index is 12.4. The standard InChI is InChI=1S/C26H28I2N4O8/c1-5-38-20-9-15(23-22(25(35)37-4)13(2)30-26(36)31-23)6-7-19(20)39-12-21(34)32-29-11-16-8-17(27)10-18(28)24(16)40-14(3)33/h6-11,21,23,32,34H,5,12H2,1-4H3,(H2,30,31,36)/b29-11+/t21-,23+/m0/s1. The van der Waals surface area contributed by atoms with Gasteiger partial charge >= 0.3 is 18.0 Å². The smallest absolute Gasteiger partial charge is 0.337 e. The lowest BCUT2D eigenvalue weighted by Crippen LogP contribution is -2.45. The van der Waals surface area contributed by atoms with Gasteiger partial charge in [0.2, 0.25) is 0 Å². The van der Waals surface area contributed by atoms with Crippen molar-refractivity contribution in [2.75, 3.05) is 20.3 Å². The molecule has 2 aromatic rings. The summed E-state index contributed by atoms with van der Waals surface area (Å²) in [4.78, 5) is 36.0. The molecule has 0 aromatic heterocycles. The van der Waals surface area contributed by atoms with Crippen LogP contribution in [0.25, 0.3) is 0 Å². The van der Waals surface area contributed by atoms with Gasteiger partial charge in [-0.05, 0) is 88.9 Å². The van der Waals surface area contributed by atoms with Gasteiger partial charge in [0.1, 0.15) is 6.61 Å². The van der Waals surface area contributed by atoms with Gasteiger partial charge in [0.05, 0.1) is 35.1 Å². The van der Waals surface area contributed by atoms with E-state index >= 15 is 0 Å². The number of aliphatic hydroxyl groups excluding tert-OH is 1. The zero-order chi connectivity index (χ0) is 29.4. The molecule has 1 aliphatic rings. The Hall–Kier alpha value is -3.12. The third kappa shape index (κ3) is 8.20. The molecule has 214 valence electrons. The van der Waals surface area contributed by atoms with Crippen molar-refractivity contribution < 1.29 is 38.4 Å². The van der Waals surface area contributed by atoms with Crippen LogP contribution in [0, 0.1) is 7.14 Å². The van der Waals surface area contributed by atoms with E-state index in [2.05, 4.69) is 66.3 Å². The van der Waals surface area contributed by atoms with E-state index in [4.69, 9.17) is 18.9 Å². The Bertz CT molecular complexity index is 1350. The van der Waals surface area contributed by atoms with Gasteiger partial charge in [-0.1, -0.05) is 6.07 Å². The molecule has 3 rings (SSSR count). The average molecular weight is 778 g/mol. The number of esters is 2. The van der Waals surface area contributed by atoms with Crippen molar-refractivity contribution in [3.63, 3.8) is 0 Å². The van der Waals surface area contributed by atoms with E-state index in [1.165, 1.54) is 20.2 Å². The number of benzene rings is 2. The molecular weight excluding hydrogens is 750 g/mol. The molecule has 2 amide bonds. The molecule has 12 nitrogen and oxygen atoms in total. The second-order valence-electron chi connectivity index (χ2n) is 8.31. The molecule has 0 radical (unpaired) electrons. The van der Waals surface area contributed by atoms with Crippen LogP contribution in [-0.2, 0) is 14.3 Å². The van der Waals surface area contributed by atoms with Gasteiger partial charge in [0, 0.05) is 21.8 Å². The number of hydrogen-bond donors (Lipinski definition) is 4. The molecule has 14 heteroatoms. The fraction of sp³-hybridized carbons (Fsp3) is 0.308. The first-order valence-electron chi connectivity index (χ1n) is 11.9. The van der Waals surface area contributed by atoms with E-state index in [1.54, 1.807) is 38.1 Å². The monoisotopic (exact) mass is 778 g/mol. The third-order valence-corrected chi connectivity index (χ3v) is 6.81. The lowest BCUT2D eigenvalue weighted by atomic mass is 9.95. The number of hydrogen-bond acceptors (Lipinski definition) is 10. The van der Waals surface area contributed by atoms with E-state index in [1.807, 2.05) is 6.07 Å². The minimum Gasteiger partial charge on any atom is -0.490 e. The number of rotatable bonds is 11. The fourth-order valence-corrected chi connectivity index (χ4v) is 5.74. The van der Waals surface area contributed by atoms with Crippen molar-refractivity contribution >= 4 is 69.4 Å². The number of aliphatic hydroxyl groups is 1. The van der Waals surface area contributed by atoms with Gasteiger partial charge < -0.3 is 34.7 Å². The highest BCUT2D eigenvalue weighted by Crippen LogP contribution is 2.35. The fourth-order valence-electron chi connectivity index (χ4n) is 3.74. The number of carbonyl (C=O) groups is 3. The maximum Gasteiger partial charge on any atom is 0.337 e. The lowest BCUT2D eigenvalue weighted by Gasteiger charge is -2.28. The predicted molar refractivity (Wildman–Crippen MR) is 162 cm³/mol. The molecule has 40 heavy (non-hydrogen) atoms. The highest BCUT2D eigenvalue weighted by Gasteiger charge is 2.32. The summed E-state index contributed by atoms with van der Waals surface area (Å²) < 4.78 is 23.3. The summed E-state index contributed by atoms with van der Waals surface area (Å²) in [5, 5.41) is 19.7. The van der Waals surface area contributed by atoms with Crippen LogP contribution in [0.2, 0.25) is 0 Å². The number of nitrogens with zero attached hydrogens (tertiary/aromatic N) is 1. The van der Waals surface area contributed by atoms with E-state index in [9.17, 15) is 19.5 Å². The molecular formula is C26H28I2N4O8. The van der Waals surface area contributed by atoms with Gasteiger partial charge in [0.25, 0.3) is 0 Å². The predicted octanol–water partition coefficient (Wildman–Crippen LogP) is 3.34. The van der Waals surface area contributed by atoms with Crippen molar-refractivity contribution in [2.45, 2.75) is 33.0 Å². The lowest BCUT2D eigenvalue weighted by molar-refractivity contribution is -0.136. The van der Waals surface area contributed by atoms with Crippen LogP contribution >= 0.6 is 45.2 Å². The van der Waals surface area contributed by atoms with E-state index in [0.29, 0.717) is 40.7 Å². The van der Waals surface area contributed by atoms with E-state index < -0.39 is 30.2 Å². The van der Waals surface area contributed by atoms with Crippen LogP contribution in [0.15, 0.2) is 46.7 Å². The van der Waals surface area contributed by atoms with Gasteiger partial charge in [-0.25, -0.2) is 9.59 Å². The molecule has 0 aliphatic carbocycles. The summed E-state index contributed by atoms with van der Waals surface area (Å²) in [6.45, 7) is 4.87. The first kappa shape index (κ1) is 31.4. The number of amides is 2. The van der Waals surface area contributed by atoms with Crippen LogP contribution in [0.1, 0.15) is 37.9 Å². The average Bonchev–Trinajstić information content (AvgIpc) is 2.89. The number of nitrogens with one attached hydrogen (secondary N) is 3. The number of hydrazone groups is 1. The number of halogens is 2. The van der Waals surface area contributed by atoms with E-state index in [-0.39, 0.29) is 12.2 Å². The van der Waals surface area contributed by atoms with Crippen LogP contribution in [0.4, 0.5) is 4.79 Å². The van der Waals surface area contributed by atoms with Crippen LogP contribution in [0.3, 0.4) is 0 Å². The van der Waals surface area contributed by atoms with Crippen molar-refractivity contribution in [1.82, 2.24) is 16.1 Å². The zero-order valence-electron chi connectivity index (χ0n) is 22.0. The summed E-state index contributed by atoms with van der Waals surface area (Å²) in [7, 11) is 1.27. The molecule has 0 bridgehead atoms. The number of ether oxygens (including phenoxy) is 4. The molecule has 0 spiro atoms. The molecule has 0 saturated heterocycles. The number of methoxy groups -OCH3 is 1. The Morgan fingerprint density at radius 2 is 1.95 bits per heavy atom. The first-order chi connectivity index (χ1) is 19.0. The molecule has 0 fully saturated rings. The highest BCUT2D eigenvalue weighted by molar-refractivity contribution is 14.1. The first-order valence-corrected chi connectivity index (χ1v) is 14.1. The van der Waals surface area contributed by atoms with Gasteiger partial charge in [-0.15, -0.1) is 0 Å². The normalized spacial score (nSPS) is 15.7. The highest BCUT2D eigenvalue weighted by atomic mass is 127. The van der Waals surface area contributed by atoms with Crippen LogP contribution in [0.5, 0.6) is 17.2 Å². The molecule has 0 unspecified atom stereocenters. The Morgan fingerprint density at radius 3 is 2.62 bits per heavy atom. The van der Waals surface area contributed by atoms with Crippen LogP contribution < -0.4 is 30.3 Å². The molecule has 1 aliphatic heterocycles. The molecule has 0 saturated carbocycles. The number of allylic oxidation sites excluding steroid dienone is 1.